The van der Waals surface area contributed by atoms with Gasteiger partial charge in [0.25, 0.3) is 0 Å². The maximum Gasteiger partial charge on any atom is 0.231 e. The van der Waals surface area contributed by atoms with Gasteiger partial charge in [-0.25, -0.2) is 0 Å². The highest BCUT2D eigenvalue weighted by Gasteiger charge is 2.30. The van der Waals surface area contributed by atoms with Gasteiger partial charge < -0.3 is 29.3 Å². The van der Waals surface area contributed by atoms with Gasteiger partial charge in [-0.15, -0.1) is 0 Å². The fourth-order valence-corrected chi connectivity index (χ4v) is 4.07. The topological polar surface area (TPSA) is 64.5 Å². The van der Waals surface area contributed by atoms with Gasteiger partial charge in [0.1, 0.15) is 11.8 Å². The zero-order chi connectivity index (χ0) is 20.2. The Labute approximate surface area is 171 Å². The number of fused-ring (bicyclic) bond motifs is 1. The monoisotopic (exact) mass is 398 g/mol. The van der Waals surface area contributed by atoms with Crippen LogP contribution in [0.25, 0.3) is 0 Å². The van der Waals surface area contributed by atoms with E-state index in [9.17, 15) is 4.79 Å². The molecule has 2 aromatic carbocycles. The van der Waals surface area contributed by atoms with Gasteiger partial charge in [0.05, 0.1) is 39.8 Å². The fourth-order valence-electron chi connectivity index (χ4n) is 4.07. The first kappa shape index (κ1) is 19.4. The minimum atomic E-state index is -0.00740. The van der Waals surface area contributed by atoms with E-state index in [4.69, 9.17) is 14.2 Å². The van der Waals surface area contributed by atoms with Crippen molar-refractivity contribution >= 4 is 11.6 Å². The number of benzene rings is 2. The number of nitrogens with zero attached hydrogens (tertiary/aromatic N) is 1. The van der Waals surface area contributed by atoms with Gasteiger partial charge in [-0.1, -0.05) is 0 Å². The molecule has 0 bridgehead atoms. The van der Waals surface area contributed by atoms with Gasteiger partial charge in [0.15, 0.2) is 11.5 Å². The van der Waals surface area contributed by atoms with E-state index >= 15 is 0 Å². The molecule has 0 aliphatic carbocycles. The smallest absolute Gasteiger partial charge is 0.231 e. The number of quaternary nitrogens is 1. The summed E-state index contributed by atoms with van der Waals surface area (Å²) < 4.78 is 16.3. The summed E-state index contributed by atoms with van der Waals surface area (Å²) in [6.07, 6.45) is 0. The van der Waals surface area contributed by atoms with Crippen LogP contribution in [0.15, 0.2) is 42.5 Å². The lowest BCUT2D eigenvalue weighted by Gasteiger charge is -2.38. The molecule has 0 saturated carbocycles. The van der Waals surface area contributed by atoms with Crippen LogP contribution in [0.3, 0.4) is 0 Å². The Morgan fingerprint density at radius 1 is 1.14 bits per heavy atom. The average molecular weight is 398 g/mol. The van der Waals surface area contributed by atoms with Crippen molar-refractivity contribution in [2.45, 2.75) is 13.0 Å². The second-order valence-corrected chi connectivity index (χ2v) is 7.45. The fraction of sp³-hybridized carbons (Fsp3) is 0.409. The molecule has 2 aliphatic heterocycles. The Balaban J connectivity index is 1.46. The largest absolute Gasteiger partial charge is 0.497 e. The first-order chi connectivity index (χ1) is 14.1. The summed E-state index contributed by atoms with van der Waals surface area (Å²) in [5, 5.41) is 3.01. The summed E-state index contributed by atoms with van der Waals surface area (Å²) in [6.45, 7) is 6.34. The molecule has 1 fully saturated rings. The molecule has 2 aromatic rings. The van der Waals surface area contributed by atoms with Crippen molar-refractivity contribution in [1.29, 1.82) is 0 Å². The Morgan fingerprint density at radius 2 is 1.86 bits per heavy atom. The molecule has 0 radical (unpaired) electrons. The number of amides is 1. The summed E-state index contributed by atoms with van der Waals surface area (Å²) in [4.78, 5) is 15.4. The molecule has 1 amide bonds. The van der Waals surface area contributed by atoms with Gasteiger partial charge in [-0.3, -0.25) is 4.79 Å². The second-order valence-electron chi connectivity index (χ2n) is 7.45. The molecule has 2 N–H and O–H groups in total. The predicted octanol–water partition coefficient (Wildman–Crippen LogP) is 1.01. The second kappa shape index (κ2) is 8.61. The molecular weight excluding hydrogens is 370 g/mol. The Kier molecular flexibility index (Phi) is 5.76. The molecule has 1 saturated heterocycles. The summed E-state index contributed by atoms with van der Waals surface area (Å²) in [7, 11) is 1.68. The molecule has 4 rings (SSSR count). The van der Waals surface area contributed by atoms with Crippen LogP contribution >= 0.6 is 0 Å². The highest BCUT2D eigenvalue weighted by atomic mass is 16.7. The molecule has 0 spiro atoms. The van der Waals surface area contributed by atoms with Crippen molar-refractivity contribution in [1.82, 2.24) is 5.32 Å². The predicted molar refractivity (Wildman–Crippen MR) is 110 cm³/mol. The summed E-state index contributed by atoms with van der Waals surface area (Å²) in [5.74, 6) is 2.43. The van der Waals surface area contributed by atoms with Crippen LogP contribution < -0.4 is 29.3 Å². The number of rotatable bonds is 6. The highest BCUT2D eigenvalue weighted by Crippen LogP contribution is 2.33. The Morgan fingerprint density at radius 3 is 2.55 bits per heavy atom. The summed E-state index contributed by atoms with van der Waals surface area (Å²) >= 11 is 0. The van der Waals surface area contributed by atoms with Crippen molar-refractivity contribution in [3.8, 4) is 17.2 Å². The van der Waals surface area contributed by atoms with E-state index in [0.29, 0.717) is 6.54 Å². The number of hydrogen-bond donors (Lipinski definition) is 2. The van der Waals surface area contributed by atoms with Gasteiger partial charge in [0.2, 0.25) is 12.7 Å². The molecular formula is C22H28N3O4+. The van der Waals surface area contributed by atoms with Crippen LogP contribution in [0.1, 0.15) is 18.5 Å². The molecule has 29 heavy (non-hydrogen) atoms. The van der Waals surface area contributed by atoms with Crippen LogP contribution in [0.4, 0.5) is 5.69 Å². The summed E-state index contributed by atoms with van der Waals surface area (Å²) in [6, 6.07) is 14.5. The zero-order valence-corrected chi connectivity index (χ0v) is 16.9. The third-order valence-corrected chi connectivity index (χ3v) is 5.69. The minimum absolute atomic E-state index is 0.00740. The molecule has 2 heterocycles. The van der Waals surface area contributed by atoms with Gasteiger partial charge in [0, 0.05) is 18.2 Å². The maximum atomic E-state index is 11.6. The van der Waals surface area contributed by atoms with Crippen molar-refractivity contribution in [3.63, 3.8) is 0 Å². The maximum absolute atomic E-state index is 11.6. The van der Waals surface area contributed by atoms with Crippen LogP contribution in [-0.4, -0.2) is 52.5 Å². The molecule has 7 nitrogen and oxygen atoms in total. The van der Waals surface area contributed by atoms with Crippen molar-refractivity contribution in [3.05, 3.63) is 48.0 Å². The van der Waals surface area contributed by atoms with Crippen LogP contribution in [0, 0.1) is 0 Å². The Hall–Kier alpha value is -2.93. The molecule has 2 aliphatic rings. The number of nitrogens with one attached hydrogen (secondary N) is 2. The number of piperazine rings is 1. The first-order valence-electron chi connectivity index (χ1n) is 10.0. The quantitative estimate of drug-likeness (QED) is 0.760. The highest BCUT2D eigenvalue weighted by molar-refractivity contribution is 5.72. The minimum Gasteiger partial charge on any atom is -0.497 e. The average Bonchev–Trinajstić information content (AvgIpc) is 3.22. The standard InChI is InChI=1S/C22H27N3O4/c1-16(26)23-14-20(17-3-8-21-22(13-17)29-15-28-21)25-11-9-24(10-12-25)18-4-6-19(27-2)7-5-18/h3-8,13,20H,9-12,14-15H2,1-2H3,(H,23,26)/p+1/t20-/m0/s1. The third-order valence-electron chi connectivity index (χ3n) is 5.69. The number of carbonyl (C=O) groups excluding carboxylic acids is 1. The number of ether oxygens (including phenoxy) is 3. The lowest BCUT2D eigenvalue weighted by Crippen LogP contribution is -3.15. The third kappa shape index (κ3) is 4.40. The van der Waals surface area contributed by atoms with Crippen molar-refractivity contribution < 1.29 is 23.9 Å². The number of methoxy groups -OCH3 is 1. The molecule has 7 heteroatoms. The van der Waals surface area contributed by atoms with E-state index in [1.807, 2.05) is 18.2 Å². The van der Waals surface area contributed by atoms with Crippen molar-refractivity contribution in [2.24, 2.45) is 0 Å². The normalized spacial score (nSPS) is 17.1. The number of anilines is 1. The van der Waals surface area contributed by atoms with Crippen LogP contribution in [0.2, 0.25) is 0 Å². The number of carbonyl (C=O) groups is 1. The van der Waals surface area contributed by atoms with Crippen molar-refractivity contribution in [2.75, 3.05) is 51.5 Å². The van der Waals surface area contributed by atoms with Gasteiger partial charge in [-0.2, -0.15) is 0 Å². The molecule has 0 unspecified atom stereocenters. The lowest BCUT2D eigenvalue weighted by atomic mass is 10.0. The van der Waals surface area contributed by atoms with E-state index in [1.165, 1.54) is 10.6 Å². The van der Waals surface area contributed by atoms with Crippen LogP contribution in [-0.2, 0) is 4.79 Å². The lowest BCUT2D eigenvalue weighted by molar-refractivity contribution is -0.931. The SMILES string of the molecule is COc1ccc(N2CC[NH+]([C@@H](CNC(C)=O)c3ccc4c(c3)OCO4)CC2)cc1. The van der Waals surface area contributed by atoms with E-state index < -0.39 is 0 Å². The van der Waals surface area contributed by atoms with Crippen LogP contribution in [0.5, 0.6) is 17.2 Å². The van der Waals surface area contributed by atoms with Gasteiger partial charge >= 0.3 is 0 Å². The van der Waals surface area contributed by atoms with E-state index in [0.717, 1.165) is 49.0 Å². The van der Waals surface area contributed by atoms with E-state index in [1.54, 1.807) is 14.0 Å². The number of hydrogen-bond acceptors (Lipinski definition) is 5. The van der Waals surface area contributed by atoms with Gasteiger partial charge in [-0.05, 0) is 42.5 Å². The molecule has 154 valence electrons. The first-order valence-corrected chi connectivity index (χ1v) is 10.0. The van der Waals surface area contributed by atoms with E-state index in [-0.39, 0.29) is 18.7 Å². The van der Waals surface area contributed by atoms with E-state index in [2.05, 4.69) is 34.5 Å². The summed E-state index contributed by atoms with van der Waals surface area (Å²) in [5.41, 5.74) is 2.38. The molecule has 0 aromatic heterocycles. The zero-order valence-electron chi connectivity index (χ0n) is 16.9. The molecule has 1 atom stereocenters. The Bertz CT molecular complexity index is 848.